The predicted molar refractivity (Wildman–Crippen MR) is 119 cm³/mol. The number of carbonyl (C=O) groups excluding carboxylic acids is 1. The first kappa shape index (κ1) is 20.1. The molecular weight excluding hydrogens is 364 g/mol. The SMILES string of the molecule is CCN(CC)c1cc(Nc2ccc(NC(=O)Nc3ccccc3)cc2)nc(C)n1. The van der Waals surface area contributed by atoms with Crippen LogP contribution in [0, 0.1) is 6.92 Å². The zero-order valence-electron chi connectivity index (χ0n) is 16.9. The molecule has 0 unspecified atom stereocenters. The van der Waals surface area contributed by atoms with Crippen molar-refractivity contribution in [2.24, 2.45) is 0 Å². The van der Waals surface area contributed by atoms with Gasteiger partial charge < -0.3 is 20.9 Å². The summed E-state index contributed by atoms with van der Waals surface area (Å²) in [6, 6.07) is 18.4. The van der Waals surface area contributed by atoms with Crippen molar-refractivity contribution in [2.45, 2.75) is 20.8 Å². The Labute approximate surface area is 171 Å². The van der Waals surface area contributed by atoms with E-state index in [4.69, 9.17) is 0 Å². The summed E-state index contributed by atoms with van der Waals surface area (Å²) in [5.74, 6) is 2.36. The first-order valence-electron chi connectivity index (χ1n) is 9.68. The van der Waals surface area contributed by atoms with Crippen molar-refractivity contribution in [3.05, 3.63) is 66.5 Å². The number of rotatable bonds is 7. The average Bonchev–Trinajstić information content (AvgIpc) is 2.71. The minimum absolute atomic E-state index is 0.285. The number of amides is 2. The van der Waals surface area contributed by atoms with Crippen LogP contribution in [0.2, 0.25) is 0 Å². The molecule has 0 atom stereocenters. The van der Waals surface area contributed by atoms with Crippen molar-refractivity contribution in [1.82, 2.24) is 9.97 Å². The third kappa shape index (κ3) is 5.68. The summed E-state index contributed by atoms with van der Waals surface area (Å²) >= 11 is 0. The molecule has 3 aromatic rings. The maximum atomic E-state index is 12.1. The van der Waals surface area contributed by atoms with Crippen LogP contribution in [0.25, 0.3) is 0 Å². The summed E-state index contributed by atoms with van der Waals surface area (Å²) in [6.45, 7) is 7.87. The number of aromatic nitrogens is 2. The molecule has 0 fully saturated rings. The van der Waals surface area contributed by atoms with E-state index in [1.54, 1.807) is 0 Å². The Kier molecular flexibility index (Phi) is 6.63. The van der Waals surface area contributed by atoms with E-state index in [0.717, 1.165) is 36.1 Å². The van der Waals surface area contributed by atoms with E-state index in [-0.39, 0.29) is 6.03 Å². The van der Waals surface area contributed by atoms with Gasteiger partial charge in [-0.2, -0.15) is 0 Å². The van der Waals surface area contributed by atoms with Crippen molar-refractivity contribution in [2.75, 3.05) is 33.9 Å². The molecule has 0 spiro atoms. The van der Waals surface area contributed by atoms with Gasteiger partial charge in [-0.25, -0.2) is 14.8 Å². The van der Waals surface area contributed by atoms with Crippen LogP contribution in [0.5, 0.6) is 0 Å². The predicted octanol–water partition coefficient (Wildman–Crippen LogP) is 5.02. The fourth-order valence-corrected chi connectivity index (χ4v) is 2.93. The third-order valence-electron chi connectivity index (χ3n) is 4.36. The molecule has 7 nitrogen and oxygen atoms in total. The van der Waals surface area contributed by atoms with E-state index in [2.05, 4.69) is 44.7 Å². The zero-order valence-corrected chi connectivity index (χ0v) is 16.9. The number of hydrogen-bond acceptors (Lipinski definition) is 5. The van der Waals surface area contributed by atoms with Crippen LogP contribution in [-0.4, -0.2) is 29.1 Å². The molecule has 7 heteroatoms. The first-order chi connectivity index (χ1) is 14.1. The number of urea groups is 1. The van der Waals surface area contributed by atoms with E-state index >= 15 is 0 Å². The van der Waals surface area contributed by atoms with Crippen LogP contribution in [0.3, 0.4) is 0 Å². The molecule has 150 valence electrons. The Bertz CT molecular complexity index is 939. The van der Waals surface area contributed by atoms with Crippen LogP contribution in [0.1, 0.15) is 19.7 Å². The normalized spacial score (nSPS) is 10.3. The van der Waals surface area contributed by atoms with E-state index in [1.165, 1.54) is 0 Å². The molecule has 0 saturated carbocycles. The largest absolute Gasteiger partial charge is 0.357 e. The monoisotopic (exact) mass is 390 g/mol. The second-order valence-corrected chi connectivity index (χ2v) is 6.48. The fourth-order valence-electron chi connectivity index (χ4n) is 2.93. The number of aryl methyl sites for hydroxylation is 1. The van der Waals surface area contributed by atoms with Gasteiger partial charge >= 0.3 is 6.03 Å². The third-order valence-corrected chi connectivity index (χ3v) is 4.36. The lowest BCUT2D eigenvalue weighted by Gasteiger charge is -2.20. The molecule has 1 aromatic heterocycles. The van der Waals surface area contributed by atoms with Crippen molar-refractivity contribution < 1.29 is 4.79 Å². The molecule has 0 radical (unpaired) electrons. The Balaban J connectivity index is 1.64. The average molecular weight is 390 g/mol. The first-order valence-corrected chi connectivity index (χ1v) is 9.68. The molecule has 0 saturated heterocycles. The van der Waals surface area contributed by atoms with Crippen LogP contribution < -0.4 is 20.9 Å². The summed E-state index contributed by atoms with van der Waals surface area (Å²) in [5.41, 5.74) is 2.32. The lowest BCUT2D eigenvalue weighted by atomic mass is 10.2. The van der Waals surface area contributed by atoms with Crippen molar-refractivity contribution in [1.29, 1.82) is 0 Å². The molecule has 0 aliphatic heterocycles. The van der Waals surface area contributed by atoms with Gasteiger partial charge in [0.1, 0.15) is 17.5 Å². The highest BCUT2D eigenvalue weighted by molar-refractivity contribution is 5.99. The maximum absolute atomic E-state index is 12.1. The topological polar surface area (TPSA) is 82.2 Å². The van der Waals surface area contributed by atoms with E-state index < -0.39 is 0 Å². The highest BCUT2D eigenvalue weighted by Gasteiger charge is 2.08. The highest BCUT2D eigenvalue weighted by atomic mass is 16.2. The second-order valence-electron chi connectivity index (χ2n) is 6.48. The summed E-state index contributed by atoms with van der Waals surface area (Å²) in [7, 11) is 0. The van der Waals surface area contributed by atoms with Crippen molar-refractivity contribution >= 4 is 34.7 Å². The second kappa shape index (κ2) is 9.54. The van der Waals surface area contributed by atoms with Gasteiger partial charge in [-0.1, -0.05) is 18.2 Å². The molecule has 0 aliphatic rings. The summed E-state index contributed by atoms with van der Waals surface area (Å²) in [6.07, 6.45) is 0. The van der Waals surface area contributed by atoms with Gasteiger partial charge in [-0.3, -0.25) is 0 Å². The van der Waals surface area contributed by atoms with Crippen molar-refractivity contribution in [3.63, 3.8) is 0 Å². The summed E-state index contributed by atoms with van der Waals surface area (Å²) < 4.78 is 0. The van der Waals surface area contributed by atoms with Gasteiger partial charge in [0.2, 0.25) is 0 Å². The summed E-state index contributed by atoms with van der Waals surface area (Å²) in [5, 5.41) is 8.91. The number of hydrogen-bond donors (Lipinski definition) is 3. The van der Waals surface area contributed by atoms with E-state index in [1.807, 2.05) is 67.6 Å². The zero-order chi connectivity index (χ0) is 20.6. The van der Waals surface area contributed by atoms with Gasteiger partial charge in [0.15, 0.2) is 0 Å². The molecule has 1 heterocycles. The number of para-hydroxylation sites is 1. The van der Waals surface area contributed by atoms with Gasteiger partial charge in [0, 0.05) is 36.2 Å². The van der Waals surface area contributed by atoms with Crippen LogP contribution in [-0.2, 0) is 0 Å². The minimum atomic E-state index is -0.285. The lowest BCUT2D eigenvalue weighted by molar-refractivity contribution is 0.262. The molecule has 3 rings (SSSR count). The number of nitrogens with one attached hydrogen (secondary N) is 3. The highest BCUT2D eigenvalue weighted by Crippen LogP contribution is 2.21. The molecule has 0 bridgehead atoms. The number of anilines is 5. The van der Waals surface area contributed by atoms with Gasteiger partial charge in [0.05, 0.1) is 0 Å². The van der Waals surface area contributed by atoms with Crippen LogP contribution in [0.15, 0.2) is 60.7 Å². The molecule has 2 aromatic carbocycles. The van der Waals surface area contributed by atoms with Crippen LogP contribution >= 0.6 is 0 Å². The fraction of sp³-hybridized carbons (Fsp3) is 0.227. The quantitative estimate of drug-likeness (QED) is 0.528. The Morgan fingerprint density at radius 1 is 0.862 bits per heavy atom. The van der Waals surface area contributed by atoms with E-state index in [9.17, 15) is 4.79 Å². The molecular formula is C22H26N6O. The molecule has 3 N–H and O–H groups in total. The lowest BCUT2D eigenvalue weighted by Crippen LogP contribution is -2.23. The standard InChI is InChI=1S/C22H26N6O/c1-4-28(5-2)21-15-20(23-16(3)24-21)25-18-11-13-19(14-12-18)27-22(29)26-17-9-7-6-8-10-17/h6-15H,4-5H2,1-3H3,(H,23,24,25)(H2,26,27,29). The number of benzene rings is 2. The Morgan fingerprint density at radius 2 is 1.45 bits per heavy atom. The minimum Gasteiger partial charge on any atom is -0.357 e. The van der Waals surface area contributed by atoms with E-state index in [0.29, 0.717) is 11.5 Å². The van der Waals surface area contributed by atoms with Gasteiger partial charge in [-0.15, -0.1) is 0 Å². The molecule has 2 amide bonds. The molecule has 29 heavy (non-hydrogen) atoms. The molecule has 0 aliphatic carbocycles. The number of carbonyl (C=O) groups is 1. The Hall–Kier alpha value is -3.61. The number of nitrogens with zero attached hydrogens (tertiary/aromatic N) is 3. The maximum Gasteiger partial charge on any atom is 0.323 e. The summed E-state index contributed by atoms with van der Waals surface area (Å²) in [4.78, 5) is 23.3. The smallest absolute Gasteiger partial charge is 0.323 e. The van der Waals surface area contributed by atoms with Crippen molar-refractivity contribution in [3.8, 4) is 0 Å². The Morgan fingerprint density at radius 3 is 2.07 bits per heavy atom. The van der Waals surface area contributed by atoms with Gasteiger partial charge in [-0.05, 0) is 57.2 Å². The van der Waals surface area contributed by atoms with Crippen LogP contribution in [0.4, 0.5) is 33.5 Å². The van der Waals surface area contributed by atoms with Gasteiger partial charge in [0.25, 0.3) is 0 Å².